The van der Waals surface area contributed by atoms with Gasteiger partial charge < -0.3 is 11.1 Å². The van der Waals surface area contributed by atoms with Crippen LogP contribution in [0.25, 0.3) is 20.8 Å². The van der Waals surface area contributed by atoms with Crippen LogP contribution in [-0.4, -0.2) is 37.4 Å². The minimum atomic E-state index is -1.10. The van der Waals surface area contributed by atoms with Crippen LogP contribution in [0, 0.1) is 0 Å². The second-order valence-electron chi connectivity index (χ2n) is 6.01. The molecule has 0 aliphatic carbocycles. The van der Waals surface area contributed by atoms with Crippen molar-refractivity contribution in [2.75, 3.05) is 0 Å². The number of rotatable bonds is 7. The van der Waals surface area contributed by atoms with E-state index in [4.69, 9.17) is 5.73 Å². The number of carbonyl (C=O) groups is 3. The fraction of sp³-hybridized carbons (Fsp3) is 0.111. The van der Waals surface area contributed by atoms with E-state index in [-0.39, 0.29) is 12.1 Å². The topological polar surface area (TPSA) is 128 Å². The molecule has 4 aromatic heterocycles. The summed E-state index contributed by atoms with van der Waals surface area (Å²) in [6.45, 7) is 0. The van der Waals surface area contributed by atoms with E-state index < -0.39 is 23.6 Å². The number of aromatic nitrogens is 3. The van der Waals surface area contributed by atoms with Crippen molar-refractivity contribution in [2.24, 2.45) is 5.73 Å². The van der Waals surface area contributed by atoms with Gasteiger partial charge >= 0.3 is 0 Å². The van der Waals surface area contributed by atoms with Crippen molar-refractivity contribution in [3.05, 3.63) is 52.5 Å². The van der Waals surface area contributed by atoms with Gasteiger partial charge in [-0.2, -0.15) is 8.75 Å². The first-order valence-electron chi connectivity index (χ1n) is 8.36. The number of nitrogens with one attached hydrogen (secondary N) is 1. The van der Waals surface area contributed by atoms with Gasteiger partial charge in [-0.3, -0.25) is 19.4 Å². The molecule has 3 N–H and O–H groups in total. The number of nitrogens with two attached hydrogens (primary N) is 1. The Labute approximate surface area is 176 Å². The van der Waals surface area contributed by atoms with Crippen molar-refractivity contribution in [2.45, 2.75) is 12.5 Å². The van der Waals surface area contributed by atoms with Crippen LogP contribution in [0.1, 0.15) is 16.1 Å². The molecule has 0 saturated heterocycles. The molecule has 0 saturated carbocycles. The van der Waals surface area contributed by atoms with Crippen LogP contribution in [-0.2, 0) is 16.0 Å². The Kier molecular flexibility index (Phi) is 5.43. The van der Waals surface area contributed by atoms with Gasteiger partial charge in [0.25, 0.3) is 11.8 Å². The van der Waals surface area contributed by atoms with Crippen molar-refractivity contribution in [3.8, 4) is 11.4 Å². The number of Topliss-reactive ketones (excluding diaryl/α,β-unsaturated/α-hetero) is 1. The fourth-order valence-corrected chi connectivity index (χ4v) is 5.48. The standard InChI is InChI=1S/C18H13N5O3S3/c19-17(25)15(24)11(7-9-8-28-12-4-6-27-16(9)12)21-18(26)14-13(22-29-23-14)10-3-1-2-5-20-10/h1-6,8,11H,7H2,(H2,19,25)(H,21,26). The third kappa shape index (κ3) is 3.92. The Morgan fingerprint density at radius 3 is 2.76 bits per heavy atom. The van der Waals surface area contributed by atoms with Crippen LogP contribution in [0.4, 0.5) is 0 Å². The molecule has 0 fully saturated rings. The number of nitrogens with zero attached hydrogens (tertiary/aromatic N) is 3. The highest BCUT2D eigenvalue weighted by Crippen LogP contribution is 2.31. The lowest BCUT2D eigenvalue weighted by Crippen LogP contribution is -2.47. The van der Waals surface area contributed by atoms with E-state index in [1.165, 1.54) is 0 Å². The number of thiophene rings is 2. The summed E-state index contributed by atoms with van der Waals surface area (Å²) in [6, 6.07) is 6.11. The van der Waals surface area contributed by atoms with E-state index in [1.54, 1.807) is 47.1 Å². The van der Waals surface area contributed by atoms with Gasteiger partial charge in [0.2, 0.25) is 5.78 Å². The van der Waals surface area contributed by atoms with Crippen LogP contribution in [0.15, 0.2) is 41.2 Å². The molecule has 146 valence electrons. The molecule has 0 aliphatic heterocycles. The minimum Gasteiger partial charge on any atom is -0.363 e. The summed E-state index contributed by atoms with van der Waals surface area (Å²) in [5.41, 5.74) is 6.93. The highest BCUT2D eigenvalue weighted by atomic mass is 32.1. The molecule has 4 rings (SSSR count). The highest BCUT2D eigenvalue weighted by Gasteiger charge is 2.29. The number of pyridine rings is 1. The summed E-state index contributed by atoms with van der Waals surface area (Å²) in [5, 5.41) is 6.47. The maximum absolute atomic E-state index is 12.8. The number of hydrogen-bond donors (Lipinski definition) is 2. The summed E-state index contributed by atoms with van der Waals surface area (Å²) in [6.07, 6.45) is 1.74. The molecule has 0 aromatic carbocycles. The van der Waals surface area contributed by atoms with Crippen molar-refractivity contribution in [1.29, 1.82) is 0 Å². The first-order valence-corrected chi connectivity index (χ1v) is 10.9. The molecule has 0 aliphatic rings. The number of fused-ring (bicyclic) bond motifs is 1. The quantitative estimate of drug-likeness (QED) is 0.422. The summed E-state index contributed by atoms with van der Waals surface area (Å²) in [4.78, 5) is 40.9. The fourth-order valence-electron chi connectivity index (χ4n) is 2.79. The van der Waals surface area contributed by atoms with E-state index in [1.807, 2.05) is 16.8 Å². The van der Waals surface area contributed by atoms with E-state index in [2.05, 4.69) is 19.0 Å². The van der Waals surface area contributed by atoms with Gasteiger partial charge in [-0.15, -0.1) is 22.7 Å². The second kappa shape index (κ2) is 8.15. The van der Waals surface area contributed by atoms with Gasteiger partial charge in [-0.25, -0.2) is 0 Å². The Morgan fingerprint density at radius 2 is 2.00 bits per heavy atom. The van der Waals surface area contributed by atoms with Gasteiger partial charge in [0.05, 0.1) is 17.4 Å². The lowest BCUT2D eigenvalue weighted by atomic mass is 10.0. The molecule has 0 radical (unpaired) electrons. The molecule has 29 heavy (non-hydrogen) atoms. The average Bonchev–Trinajstić information content (AvgIpc) is 3.45. The predicted molar refractivity (Wildman–Crippen MR) is 112 cm³/mol. The van der Waals surface area contributed by atoms with Crippen LogP contribution in [0.3, 0.4) is 0 Å². The Morgan fingerprint density at radius 1 is 1.14 bits per heavy atom. The zero-order valence-electron chi connectivity index (χ0n) is 14.7. The van der Waals surface area contributed by atoms with E-state index in [9.17, 15) is 14.4 Å². The molecule has 1 unspecified atom stereocenters. The van der Waals surface area contributed by atoms with E-state index in [0.29, 0.717) is 11.4 Å². The molecule has 11 heteroatoms. The second-order valence-corrected chi connectivity index (χ2v) is 8.37. The Bertz CT molecular complexity index is 1200. The normalized spacial score (nSPS) is 12.0. The number of amides is 2. The van der Waals surface area contributed by atoms with Gasteiger partial charge in [-0.1, -0.05) is 6.07 Å². The summed E-state index contributed by atoms with van der Waals surface area (Å²) in [7, 11) is 0. The number of hydrogen-bond acceptors (Lipinski definition) is 9. The minimum absolute atomic E-state index is 0.0440. The van der Waals surface area contributed by atoms with Crippen molar-refractivity contribution >= 4 is 61.4 Å². The lowest BCUT2D eigenvalue weighted by Gasteiger charge is -2.15. The van der Waals surface area contributed by atoms with Crippen molar-refractivity contribution in [3.63, 3.8) is 0 Å². The average molecular weight is 444 g/mol. The molecular weight excluding hydrogens is 430 g/mol. The van der Waals surface area contributed by atoms with Crippen LogP contribution >= 0.6 is 34.4 Å². The van der Waals surface area contributed by atoms with E-state index in [0.717, 1.165) is 26.7 Å². The highest BCUT2D eigenvalue weighted by molar-refractivity contribution is 7.26. The zero-order chi connectivity index (χ0) is 20.4. The Balaban J connectivity index is 1.61. The predicted octanol–water partition coefficient (Wildman–Crippen LogP) is 2.27. The number of ketones is 1. The van der Waals surface area contributed by atoms with Gasteiger partial charge in [0, 0.05) is 22.0 Å². The van der Waals surface area contributed by atoms with Gasteiger partial charge in [0.15, 0.2) is 5.69 Å². The molecule has 4 aromatic rings. The zero-order valence-corrected chi connectivity index (χ0v) is 17.1. The molecule has 4 heterocycles. The van der Waals surface area contributed by atoms with Gasteiger partial charge in [0.1, 0.15) is 11.7 Å². The molecule has 2 amide bonds. The SMILES string of the molecule is NC(=O)C(=O)C(Cc1csc2ccsc12)NC(=O)c1nsnc1-c1ccccn1. The van der Waals surface area contributed by atoms with Crippen LogP contribution < -0.4 is 11.1 Å². The first-order chi connectivity index (χ1) is 14.0. The van der Waals surface area contributed by atoms with Gasteiger partial charge in [-0.05, 0) is 34.5 Å². The van der Waals surface area contributed by atoms with Crippen LogP contribution in [0.5, 0.6) is 0 Å². The van der Waals surface area contributed by atoms with Crippen molar-refractivity contribution < 1.29 is 14.4 Å². The first kappa shape index (κ1) is 19.3. The summed E-state index contributed by atoms with van der Waals surface area (Å²) >= 11 is 3.95. The summed E-state index contributed by atoms with van der Waals surface area (Å²) < 4.78 is 10.3. The molecule has 8 nitrogen and oxygen atoms in total. The molecule has 1 atom stereocenters. The number of carbonyl (C=O) groups excluding carboxylic acids is 3. The number of primary amides is 1. The van der Waals surface area contributed by atoms with E-state index >= 15 is 0 Å². The van der Waals surface area contributed by atoms with Crippen molar-refractivity contribution in [1.82, 2.24) is 19.0 Å². The summed E-state index contributed by atoms with van der Waals surface area (Å²) in [5.74, 6) is -2.58. The smallest absolute Gasteiger partial charge is 0.287 e. The maximum Gasteiger partial charge on any atom is 0.287 e. The Hall–Kier alpha value is -3.02. The van der Waals surface area contributed by atoms with Crippen LogP contribution in [0.2, 0.25) is 0 Å². The maximum atomic E-state index is 12.8. The monoisotopic (exact) mass is 443 g/mol. The lowest BCUT2D eigenvalue weighted by molar-refractivity contribution is -0.137. The largest absolute Gasteiger partial charge is 0.363 e. The molecule has 0 bridgehead atoms. The molecular formula is C18H13N5O3S3. The third-order valence-electron chi connectivity index (χ3n) is 4.15. The third-order valence-corrected chi connectivity index (χ3v) is 6.79. The molecule has 0 spiro atoms.